The number of hydrogen-bond donors (Lipinski definition) is 1. The summed E-state index contributed by atoms with van der Waals surface area (Å²) in [6, 6.07) is 0. The predicted octanol–water partition coefficient (Wildman–Crippen LogP) is 2.03. The summed E-state index contributed by atoms with van der Waals surface area (Å²) in [6.45, 7) is 3.72. The van der Waals surface area contributed by atoms with Gasteiger partial charge in [0, 0.05) is 6.54 Å². The molecular weight excluding hydrogens is 134 g/mol. The molecule has 0 unspecified atom stereocenters. The molecule has 0 aromatic heterocycles. The molecule has 2 rings (SSSR count). The highest BCUT2D eigenvalue weighted by Gasteiger charge is 2.50. The first-order valence-corrected chi connectivity index (χ1v) is 4.92. The fraction of sp³-hybridized carbons (Fsp3) is 1.00. The molecule has 2 aliphatic rings. The molecule has 0 radical (unpaired) electrons. The molecule has 0 aliphatic heterocycles. The highest BCUT2D eigenvalue weighted by Crippen LogP contribution is 2.57. The van der Waals surface area contributed by atoms with Crippen molar-refractivity contribution in [1.29, 1.82) is 0 Å². The highest BCUT2D eigenvalue weighted by molar-refractivity contribution is 5.01. The zero-order chi connectivity index (χ0) is 7.90. The van der Waals surface area contributed by atoms with E-state index in [4.69, 9.17) is 0 Å². The van der Waals surface area contributed by atoms with Crippen molar-refractivity contribution in [2.45, 2.75) is 32.6 Å². The molecule has 0 aromatic carbocycles. The van der Waals surface area contributed by atoms with E-state index in [0.717, 1.165) is 11.8 Å². The predicted molar refractivity (Wildman–Crippen MR) is 47.5 cm³/mol. The lowest BCUT2D eigenvalue weighted by Gasteiger charge is -2.29. The molecule has 0 amide bonds. The molecule has 0 bridgehead atoms. The summed E-state index contributed by atoms with van der Waals surface area (Å²) in [5, 5.41) is 3.35. The first-order chi connectivity index (χ1) is 5.27. The van der Waals surface area contributed by atoms with E-state index in [-0.39, 0.29) is 0 Å². The second-order valence-corrected chi connectivity index (χ2v) is 4.58. The van der Waals surface area contributed by atoms with E-state index in [2.05, 4.69) is 19.3 Å². The van der Waals surface area contributed by atoms with Crippen molar-refractivity contribution in [3.63, 3.8) is 0 Å². The Morgan fingerprint density at radius 2 is 1.64 bits per heavy atom. The van der Waals surface area contributed by atoms with Gasteiger partial charge in [-0.05, 0) is 50.0 Å². The molecule has 0 atom stereocenters. The maximum absolute atomic E-state index is 3.35. The van der Waals surface area contributed by atoms with Crippen LogP contribution in [0.2, 0.25) is 0 Å². The standard InChI is InChI=1S/C10H19N/c1-10(7-11-2,8-3-4-8)9-5-6-9/h8-9,11H,3-7H2,1-2H3. The Balaban J connectivity index is 1.98. The Morgan fingerprint density at radius 1 is 1.18 bits per heavy atom. The SMILES string of the molecule is CNCC(C)(C1CC1)C1CC1. The Labute approximate surface area is 69.6 Å². The molecule has 64 valence electrons. The minimum atomic E-state index is 0.661. The number of hydrogen-bond acceptors (Lipinski definition) is 1. The summed E-state index contributed by atoms with van der Waals surface area (Å²) in [5.41, 5.74) is 0.661. The van der Waals surface area contributed by atoms with E-state index in [1.54, 1.807) is 0 Å². The van der Waals surface area contributed by atoms with E-state index in [1.807, 2.05) is 0 Å². The Hall–Kier alpha value is -0.0400. The lowest BCUT2D eigenvalue weighted by atomic mass is 9.80. The summed E-state index contributed by atoms with van der Waals surface area (Å²) in [7, 11) is 2.09. The Bertz CT molecular complexity index is 133. The monoisotopic (exact) mass is 153 g/mol. The second-order valence-electron chi connectivity index (χ2n) is 4.58. The van der Waals surface area contributed by atoms with Gasteiger partial charge in [-0.2, -0.15) is 0 Å². The first kappa shape index (κ1) is 7.60. The van der Waals surface area contributed by atoms with Gasteiger partial charge in [0.15, 0.2) is 0 Å². The maximum atomic E-state index is 3.35. The molecule has 1 heteroatoms. The van der Waals surface area contributed by atoms with Crippen molar-refractivity contribution in [3.8, 4) is 0 Å². The highest BCUT2D eigenvalue weighted by atomic mass is 14.8. The van der Waals surface area contributed by atoms with E-state index in [9.17, 15) is 0 Å². The topological polar surface area (TPSA) is 12.0 Å². The van der Waals surface area contributed by atoms with Crippen LogP contribution in [-0.2, 0) is 0 Å². The van der Waals surface area contributed by atoms with Crippen molar-refractivity contribution in [2.75, 3.05) is 13.6 Å². The van der Waals surface area contributed by atoms with Gasteiger partial charge >= 0.3 is 0 Å². The molecule has 11 heavy (non-hydrogen) atoms. The van der Waals surface area contributed by atoms with Crippen LogP contribution >= 0.6 is 0 Å². The summed E-state index contributed by atoms with van der Waals surface area (Å²) in [4.78, 5) is 0. The van der Waals surface area contributed by atoms with Crippen molar-refractivity contribution >= 4 is 0 Å². The molecule has 1 N–H and O–H groups in total. The van der Waals surface area contributed by atoms with Crippen LogP contribution in [0.3, 0.4) is 0 Å². The lowest BCUT2D eigenvalue weighted by molar-refractivity contribution is 0.221. The van der Waals surface area contributed by atoms with Crippen LogP contribution in [0.1, 0.15) is 32.6 Å². The smallest absolute Gasteiger partial charge is 0.000747 e. The third kappa shape index (κ3) is 1.31. The average molecular weight is 153 g/mol. The molecule has 2 fully saturated rings. The Kier molecular flexibility index (Phi) is 1.71. The third-order valence-electron chi connectivity index (χ3n) is 3.58. The molecule has 2 aliphatic carbocycles. The minimum Gasteiger partial charge on any atom is -0.319 e. The van der Waals surface area contributed by atoms with Crippen molar-refractivity contribution in [3.05, 3.63) is 0 Å². The summed E-state index contributed by atoms with van der Waals surface area (Å²) < 4.78 is 0. The molecule has 2 saturated carbocycles. The summed E-state index contributed by atoms with van der Waals surface area (Å²) in [6.07, 6.45) is 5.98. The zero-order valence-electron chi connectivity index (χ0n) is 7.69. The Morgan fingerprint density at radius 3 is 1.91 bits per heavy atom. The first-order valence-electron chi connectivity index (χ1n) is 4.92. The van der Waals surface area contributed by atoms with E-state index >= 15 is 0 Å². The largest absolute Gasteiger partial charge is 0.319 e. The van der Waals surface area contributed by atoms with Crippen LogP contribution in [0.4, 0.5) is 0 Å². The van der Waals surface area contributed by atoms with Gasteiger partial charge in [-0.25, -0.2) is 0 Å². The molecule has 0 spiro atoms. The lowest BCUT2D eigenvalue weighted by Crippen LogP contribution is -2.33. The fourth-order valence-corrected chi connectivity index (χ4v) is 2.49. The minimum absolute atomic E-state index is 0.661. The number of nitrogens with one attached hydrogen (secondary N) is 1. The van der Waals surface area contributed by atoms with Gasteiger partial charge in [-0.15, -0.1) is 0 Å². The molecule has 0 saturated heterocycles. The molecule has 0 heterocycles. The second kappa shape index (κ2) is 2.48. The van der Waals surface area contributed by atoms with Crippen LogP contribution in [0.15, 0.2) is 0 Å². The van der Waals surface area contributed by atoms with Gasteiger partial charge in [0.05, 0.1) is 0 Å². The van der Waals surface area contributed by atoms with Crippen LogP contribution in [0.25, 0.3) is 0 Å². The van der Waals surface area contributed by atoms with Gasteiger partial charge in [-0.1, -0.05) is 6.92 Å². The van der Waals surface area contributed by atoms with E-state index in [0.29, 0.717) is 5.41 Å². The van der Waals surface area contributed by atoms with Gasteiger partial charge in [0.2, 0.25) is 0 Å². The van der Waals surface area contributed by atoms with E-state index in [1.165, 1.54) is 32.2 Å². The van der Waals surface area contributed by atoms with Crippen LogP contribution in [-0.4, -0.2) is 13.6 Å². The normalized spacial score (nSPS) is 25.6. The zero-order valence-corrected chi connectivity index (χ0v) is 7.69. The fourth-order valence-electron chi connectivity index (χ4n) is 2.49. The summed E-state index contributed by atoms with van der Waals surface area (Å²) in [5.74, 6) is 2.12. The van der Waals surface area contributed by atoms with Crippen LogP contribution < -0.4 is 5.32 Å². The van der Waals surface area contributed by atoms with Gasteiger partial charge in [-0.3, -0.25) is 0 Å². The van der Waals surface area contributed by atoms with Crippen LogP contribution in [0.5, 0.6) is 0 Å². The molecule has 1 nitrogen and oxygen atoms in total. The molecule has 0 aromatic rings. The maximum Gasteiger partial charge on any atom is 0.000747 e. The van der Waals surface area contributed by atoms with Crippen molar-refractivity contribution < 1.29 is 0 Å². The van der Waals surface area contributed by atoms with Gasteiger partial charge in [0.25, 0.3) is 0 Å². The van der Waals surface area contributed by atoms with Crippen molar-refractivity contribution in [1.82, 2.24) is 5.32 Å². The van der Waals surface area contributed by atoms with Gasteiger partial charge in [0.1, 0.15) is 0 Å². The van der Waals surface area contributed by atoms with Crippen molar-refractivity contribution in [2.24, 2.45) is 17.3 Å². The average Bonchev–Trinajstić information content (AvgIpc) is 2.84. The number of rotatable bonds is 4. The molecular formula is C10H19N. The summed E-state index contributed by atoms with van der Waals surface area (Å²) >= 11 is 0. The van der Waals surface area contributed by atoms with Crippen LogP contribution in [0, 0.1) is 17.3 Å². The van der Waals surface area contributed by atoms with Gasteiger partial charge < -0.3 is 5.32 Å². The third-order valence-corrected chi connectivity index (χ3v) is 3.58. The quantitative estimate of drug-likeness (QED) is 0.651. The van der Waals surface area contributed by atoms with E-state index < -0.39 is 0 Å².